The first-order chi connectivity index (χ1) is 19.0. The third-order valence-corrected chi connectivity index (χ3v) is 7.46. The zero-order valence-corrected chi connectivity index (χ0v) is 23.5. The maximum atomic E-state index is 14.6. The Morgan fingerprint density at radius 3 is 2.50 bits per heavy atom. The lowest BCUT2D eigenvalue weighted by Crippen LogP contribution is -2.40. The first-order valence-corrected chi connectivity index (χ1v) is 13.5. The minimum Gasteiger partial charge on any atom is -0.494 e. The van der Waals surface area contributed by atoms with Crippen LogP contribution in [0, 0.1) is 28.9 Å². The van der Waals surface area contributed by atoms with Gasteiger partial charge in [0.2, 0.25) is 0 Å². The van der Waals surface area contributed by atoms with E-state index >= 15 is 0 Å². The average Bonchev–Trinajstić information content (AvgIpc) is 3.36. The fourth-order valence-corrected chi connectivity index (χ4v) is 5.58. The topological polar surface area (TPSA) is 92.0 Å². The molecule has 1 aliphatic rings. The molecule has 3 aromatic rings. The molecule has 0 saturated carbocycles. The molecular formula is C30H29F2N3O4S. The largest absolute Gasteiger partial charge is 0.494 e. The standard InChI is InChI=1S/C30H29F2N3O4S/c1-30(2,3)39-29(37)34-16-18-6-5-11-35(17-18)28(36)26-14-22(19-7-8-21(15-33)23(31)12-19)27(40-26)20-9-10-25(38-4)24(32)13-20/h7-10,12-14,16,18H,5-6,11,17H2,1-4H3. The quantitative estimate of drug-likeness (QED) is 0.308. The number of piperidine rings is 1. The molecule has 40 heavy (non-hydrogen) atoms. The van der Waals surface area contributed by atoms with Gasteiger partial charge in [-0.2, -0.15) is 10.3 Å². The van der Waals surface area contributed by atoms with Crippen molar-refractivity contribution in [3.63, 3.8) is 0 Å². The molecule has 7 nitrogen and oxygen atoms in total. The number of nitriles is 1. The monoisotopic (exact) mass is 565 g/mol. The van der Waals surface area contributed by atoms with Gasteiger partial charge in [-0.05, 0) is 81.1 Å². The number of methoxy groups -OCH3 is 1. The molecule has 1 aliphatic heterocycles. The van der Waals surface area contributed by atoms with Gasteiger partial charge in [0.1, 0.15) is 17.5 Å². The second kappa shape index (κ2) is 12.0. The highest BCUT2D eigenvalue weighted by Crippen LogP contribution is 2.41. The van der Waals surface area contributed by atoms with Crippen molar-refractivity contribution in [1.29, 1.82) is 5.26 Å². The Balaban J connectivity index is 1.65. The normalized spacial score (nSPS) is 15.6. The number of benzene rings is 2. The summed E-state index contributed by atoms with van der Waals surface area (Å²) in [6, 6.07) is 12.2. The molecule has 2 heterocycles. The SMILES string of the molecule is COc1ccc(-c2sc(C(=O)N3CCCC(C=NC(=O)OC(C)(C)C)C3)cc2-c2ccc(C#N)c(F)c2)cc1F. The van der Waals surface area contributed by atoms with Crippen molar-refractivity contribution in [2.45, 2.75) is 39.2 Å². The maximum Gasteiger partial charge on any atom is 0.433 e. The number of hydrogen-bond donors (Lipinski definition) is 0. The highest BCUT2D eigenvalue weighted by Gasteiger charge is 2.27. The van der Waals surface area contributed by atoms with Crippen LogP contribution in [-0.4, -0.2) is 48.9 Å². The van der Waals surface area contributed by atoms with Crippen LogP contribution in [0.3, 0.4) is 0 Å². The summed E-state index contributed by atoms with van der Waals surface area (Å²) in [7, 11) is 1.37. The molecule has 0 aliphatic carbocycles. The van der Waals surface area contributed by atoms with Gasteiger partial charge in [-0.3, -0.25) is 4.79 Å². The minimum absolute atomic E-state index is 0.0787. The smallest absolute Gasteiger partial charge is 0.433 e. The van der Waals surface area contributed by atoms with Crippen LogP contribution in [0.2, 0.25) is 0 Å². The third kappa shape index (κ3) is 6.72. The summed E-state index contributed by atoms with van der Waals surface area (Å²) in [4.78, 5) is 32.2. The van der Waals surface area contributed by atoms with E-state index in [1.807, 2.05) is 0 Å². The minimum atomic E-state index is -0.686. The molecule has 1 aromatic heterocycles. The predicted molar refractivity (Wildman–Crippen MR) is 150 cm³/mol. The second-order valence-corrected chi connectivity index (χ2v) is 11.5. The van der Waals surface area contributed by atoms with Crippen LogP contribution in [-0.2, 0) is 4.74 Å². The first kappa shape index (κ1) is 28.9. The van der Waals surface area contributed by atoms with Crippen LogP contribution in [0.15, 0.2) is 47.5 Å². The van der Waals surface area contributed by atoms with E-state index in [2.05, 4.69) is 4.99 Å². The predicted octanol–water partition coefficient (Wildman–Crippen LogP) is 7.10. The average molecular weight is 566 g/mol. The van der Waals surface area contributed by atoms with Gasteiger partial charge in [-0.1, -0.05) is 6.07 Å². The highest BCUT2D eigenvalue weighted by atomic mass is 32.1. The summed E-state index contributed by atoms with van der Waals surface area (Å²) >= 11 is 1.18. The number of amides is 2. The lowest BCUT2D eigenvalue weighted by Gasteiger charge is -2.30. The van der Waals surface area contributed by atoms with Crippen molar-refractivity contribution in [3.8, 4) is 33.4 Å². The van der Waals surface area contributed by atoms with E-state index in [9.17, 15) is 18.4 Å². The van der Waals surface area contributed by atoms with Crippen LogP contribution in [0.5, 0.6) is 5.75 Å². The van der Waals surface area contributed by atoms with Crippen molar-refractivity contribution in [1.82, 2.24) is 4.90 Å². The van der Waals surface area contributed by atoms with Gasteiger partial charge in [0.15, 0.2) is 11.6 Å². The van der Waals surface area contributed by atoms with Crippen LogP contribution in [0.25, 0.3) is 21.6 Å². The fourth-order valence-electron chi connectivity index (χ4n) is 4.43. The van der Waals surface area contributed by atoms with Crippen LogP contribution in [0.4, 0.5) is 13.6 Å². The van der Waals surface area contributed by atoms with Gasteiger partial charge in [0.25, 0.3) is 5.91 Å². The zero-order chi connectivity index (χ0) is 29.0. The van der Waals surface area contributed by atoms with Crippen molar-refractivity contribution in [2.24, 2.45) is 10.9 Å². The van der Waals surface area contributed by atoms with Crippen LogP contribution in [0.1, 0.15) is 48.8 Å². The Bertz CT molecular complexity index is 1500. The second-order valence-electron chi connectivity index (χ2n) is 10.4. The fraction of sp³-hybridized carbons (Fsp3) is 0.333. The summed E-state index contributed by atoms with van der Waals surface area (Å²) in [6.45, 7) is 6.18. The summed E-state index contributed by atoms with van der Waals surface area (Å²) in [5, 5.41) is 9.13. The highest BCUT2D eigenvalue weighted by molar-refractivity contribution is 7.18. The Kier molecular flexibility index (Phi) is 8.64. The van der Waals surface area contributed by atoms with Gasteiger partial charge in [0, 0.05) is 35.7 Å². The van der Waals surface area contributed by atoms with E-state index in [1.165, 1.54) is 42.7 Å². The number of halogens is 2. The molecule has 0 radical (unpaired) electrons. The van der Waals surface area contributed by atoms with E-state index in [4.69, 9.17) is 14.7 Å². The Labute approximate surface area is 235 Å². The number of aliphatic imine (C=N–C) groups is 1. The number of rotatable bonds is 5. The van der Waals surface area contributed by atoms with Crippen LogP contribution < -0.4 is 4.74 Å². The van der Waals surface area contributed by atoms with Crippen molar-refractivity contribution >= 4 is 29.6 Å². The van der Waals surface area contributed by atoms with E-state index < -0.39 is 23.3 Å². The van der Waals surface area contributed by atoms with Gasteiger partial charge in [-0.15, -0.1) is 11.3 Å². The van der Waals surface area contributed by atoms with Crippen molar-refractivity contribution < 1.29 is 27.8 Å². The van der Waals surface area contributed by atoms with Crippen LogP contribution >= 0.6 is 11.3 Å². The molecule has 1 unspecified atom stereocenters. The number of likely N-dealkylation sites (tertiary alicyclic amines) is 1. The molecule has 10 heteroatoms. The number of carbonyl (C=O) groups is 2. The first-order valence-electron chi connectivity index (χ1n) is 12.7. The van der Waals surface area contributed by atoms with Crippen molar-refractivity contribution in [3.05, 3.63) is 64.5 Å². The lowest BCUT2D eigenvalue weighted by molar-refractivity contribution is 0.0604. The number of hydrogen-bond acceptors (Lipinski definition) is 6. The Hall–Kier alpha value is -4.10. The molecule has 0 N–H and O–H groups in total. The summed E-state index contributed by atoms with van der Waals surface area (Å²) in [6.07, 6.45) is 2.36. The molecule has 2 aromatic carbocycles. The zero-order valence-electron chi connectivity index (χ0n) is 22.7. The van der Waals surface area contributed by atoms with Gasteiger partial charge in [-0.25, -0.2) is 13.6 Å². The number of thiophene rings is 1. The van der Waals surface area contributed by atoms with Gasteiger partial charge < -0.3 is 14.4 Å². The molecule has 0 bridgehead atoms. The molecular weight excluding hydrogens is 536 g/mol. The summed E-state index contributed by atoms with van der Waals surface area (Å²) < 4.78 is 39.4. The lowest BCUT2D eigenvalue weighted by atomic mass is 9.98. The summed E-state index contributed by atoms with van der Waals surface area (Å²) in [5.41, 5.74) is 0.755. The Morgan fingerprint density at radius 2 is 1.85 bits per heavy atom. The van der Waals surface area contributed by atoms with E-state index in [1.54, 1.807) is 56.2 Å². The molecule has 0 spiro atoms. The number of ether oxygens (including phenoxy) is 2. The van der Waals surface area contributed by atoms with E-state index in [0.29, 0.717) is 39.5 Å². The van der Waals surface area contributed by atoms with E-state index in [-0.39, 0.29) is 23.1 Å². The molecule has 4 rings (SSSR count). The molecule has 1 fully saturated rings. The van der Waals surface area contributed by atoms with Crippen molar-refractivity contribution in [2.75, 3.05) is 20.2 Å². The molecule has 208 valence electrons. The molecule has 2 amide bonds. The van der Waals surface area contributed by atoms with Gasteiger partial charge in [0.05, 0.1) is 17.6 Å². The third-order valence-electron chi connectivity index (χ3n) is 6.29. The van der Waals surface area contributed by atoms with E-state index in [0.717, 1.165) is 12.8 Å². The summed E-state index contributed by atoms with van der Waals surface area (Å²) in [5.74, 6) is -1.52. The number of carbonyl (C=O) groups excluding carboxylic acids is 2. The Morgan fingerprint density at radius 1 is 1.12 bits per heavy atom. The molecule has 1 saturated heterocycles. The maximum absolute atomic E-state index is 14.6. The number of nitrogens with zero attached hydrogens (tertiary/aromatic N) is 3. The molecule has 1 atom stereocenters. The van der Waals surface area contributed by atoms with Gasteiger partial charge >= 0.3 is 6.09 Å².